The number of piperidine rings is 1. The molecule has 4 aromatic carbocycles. The number of nitrogens with zero attached hydrogens (tertiary/aromatic N) is 3. The molecule has 6 rings (SSSR count). The molecule has 2 aliphatic rings. The van der Waals surface area contributed by atoms with Crippen molar-refractivity contribution in [3.8, 4) is 16.9 Å². The molecule has 2 N–H and O–H groups in total. The number of rotatable bonds is 14. The van der Waals surface area contributed by atoms with Gasteiger partial charge in [-0.25, -0.2) is 13.6 Å². The Balaban J connectivity index is 1.03. The summed E-state index contributed by atoms with van der Waals surface area (Å²) in [4.78, 5) is 33.0. The van der Waals surface area contributed by atoms with Crippen LogP contribution < -0.4 is 10.1 Å². The number of hydrogen-bond donors (Lipinski definition) is 2. The van der Waals surface area contributed by atoms with E-state index in [-0.39, 0.29) is 23.5 Å². The molecule has 4 aromatic rings. The van der Waals surface area contributed by atoms with Gasteiger partial charge in [-0.1, -0.05) is 61.0 Å². The summed E-state index contributed by atoms with van der Waals surface area (Å²) in [5, 5.41) is 12.9. The molecule has 286 valence electrons. The van der Waals surface area contributed by atoms with Crippen LogP contribution in [0.1, 0.15) is 36.5 Å². The third-order valence-electron chi connectivity index (χ3n) is 10.3. The van der Waals surface area contributed by atoms with Crippen LogP contribution in [0.25, 0.3) is 11.1 Å². The van der Waals surface area contributed by atoms with Crippen LogP contribution in [0.3, 0.4) is 0 Å². The number of hydrogen-bond acceptors (Lipinski definition) is 6. The van der Waals surface area contributed by atoms with Crippen LogP contribution in [0, 0.1) is 17.6 Å². The first-order valence-corrected chi connectivity index (χ1v) is 19.9. The van der Waals surface area contributed by atoms with Crippen molar-refractivity contribution in [2.45, 2.75) is 50.3 Å². The van der Waals surface area contributed by atoms with E-state index >= 15 is 0 Å². The van der Waals surface area contributed by atoms with Crippen LogP contribution >= 0.6 is 23.4 Å². The van der Waals surface area contributed by atoms with Gasteiger partial charge in [-0.2, -0.15) is 0 Å². The number of halogens is 3. The highest BCUT2D eigenvalue weighted by molar-refractivity contribution is 7.99. The number of amides is 2. The Kier molecular flexibility index (Phi) is 13.9. The third kappa shape index (κ3) is 10.7. The second-order valence-electron chi connectivity index (χ2n) is 13.9. The van der Waals surface area contributed by atoms with Crippen LogP contribution in [-0.4, -0.2) is 89.4 Å². The lowest BCUT2D eigenvalue weighted by molar-refractivity contribution is -0.137. The van der Waals surface area contributed by atoms with Crippen molar-refractivity contribution in [3.63, 3.8) is 0 Å². The number of piperazine rings is 1. The van der Waals surface area contributed by atoms with E-state index in [1.165, 1.54) is 18.2 Å². The molecule has 0 saturated carbocycles. The zero-order chi connectivity index (χ0) is 38.0. The van der Waals surface area contributed by atoms with Gasteiger partial charge in [0, 0.05) is 55.3 Å². The number of likely N-dealkylation sites (tertiary alicyclic amines) is 1. The SMILES string of the molecule is CCSc1cc(F)ccc1CN1CCN(C(=O)[C@H](NC(=O)O)C2CCN(CCc3cc(Cl)ccc3-c3cc(F)cc(OCc4ccccc4)c3)CC2)CC1. The molecule has 8 nitrogen and oxygen atoms in total. The van der Waals surface area contributed by atoms with Crippen molar-refractivity contribution >= 4 is 35.4 Å². The second-order valence-corrected chi connectivity index (χ2v) is 15.6. The molecule has 0 spiro atoms. The van der Waals surface area contributed by atoms with E-state index in [1.54, 1.807) is 22.7 Å². The van der Waals surface area contributed by atoms with Gasteiger partial charge in [0.2, 0.25) is 5.91 Å². The summed E-state index contributed by atoms with van der Waals surface area (Å²) >= 11 is 8.06. The summed E-state index contributed by atoms with van der Waals surface area (Å²) in [6.07, 6.45) is 0.820. The van der Waals surface area contributed by atoms with Crippen molar-refractivity contribution in [3.05, 3.63) is 118 Å². The fourth-order valence-corrected chi connectivity index (χ4v) is 8.43. The summed E-state index contributed by atoms with van der Waals surface area (Å²) in [7, 11) is 0. The molecule has 12 heteroatoms. The third-order valence-corrected chi connectivity index (χ3v) is 11.5. The summed E-state index contributed by atoms with van der Waals surface area (Å²) in [5.74, 6) is 0.364. The highest BCUT2D eigenvalue weighted by Gasteiger charge is 2.36. The van der Waals surface area contributed by atoms with Crippen LogP contribution in [0.4, 0.5) is 13.6 Å². The first-order valence-electron chi connectivity index (χ1n) is 18.6. The maximum absolute atomic E-state index is 14.8. The van der Waals surface area contributed by atoms with E-state index in [9.17, 15) is 23.5 Å². The molecule has 0 radical (unpaired) electrons. The second kappa shape index (κ2) is 18.9. The van der Waals surface area contributed by atoms with Crippen molar-refractivity contribution in [1.82, 2.24) is 20.0 Å². The summed E-state index contributed by atoms with van der Waals surface area (Å²) in [6.45, 7) is 7.51. The maximum Gasteiger partial charge on any atom is 0.405 e. The summed E-state index contributed by atoms with van der Waals surface area (Å²) in [5.41, 5.74) is 4.64. The van der Waals surface area contributed by atoms with Crippen LogP contribution in [0.15, 0.2) is 89.8 Å². The molecule has 2 saturated heterocycles. The lowest BCUT2D eigenvalue weighted by Crippen LogP contribution is -2.57. The number of carbonyl (C=O) groups is 2. The minimum atomic E-state index is -1.20. The Morgan fingerprint density at radius 1 is 0.889 bits per heavy atom. The fraction of sp³-hybridized carbons (Fsp3) is 0.381. The van der Waals surface area contributed by atoms with Gasteiger partial charge in [-0.3, -0.25) is 9.69 Å². The molecule has 1 atom stereocenters. The Morgan fingerprint density at radius 3 is 2.37 bits per heavy atom. The average Bonchev–Trinajstić information content (AvgIpc) is 3.17. The monoisotopic (exact) mass is 776 g/mol. The van der Waals surface area contributed by atoms with Gasteiger partial charge in [-0.15, -0.1) is 11.8 Å². The maximum atomic E-state index is 14.8. The molecule has 2 fully saturated rings. The number of ether oxygens (including phenoxy) is 1. The van der Waals surface area contributed by atoms with E-state index in [4.69, 9.17) is 16.3 Å². The lowest BCUT2D eigenvalue weighted by Gasteiger charge is -2.40. The normalized spacial score (nSPS) is 16.3. The van der Waals surface area contributed by atoms with Gasteiger partial charge in [0.1, 0.15) is 30.0 Å². The van der Waals surface area contributed by atoms with Crippen molar-refractivity contribution in [2.75, 3.05) is 51.6 Å². The molecule has 2 aliphatic heterocycles. The van der Waals surface area contributed by atoms with Crippen molar-refractivity contribution in [1.29, 1.82) is 0 Å². The molecule has 0 bridgehead atoms. The first-order chi connectivity index (χ1) is 26.1. The summed E-state index contributed by atoms with van der Waals surface area (Å²) in [6, 6.07) is 24.2. The zero-order valence-corrected chi connectivity index (χ0v) is 32.1. The lowest BCUT2D eigenvalue weighted by atomic mass is 9.88. The van der Waals surface area contributed by atoms with E-state index in [0.717, 1.165) is 39.4 Å². The molecule has 2 heterocycles. The average molecular weight is 777 g/mol. The highest BCUT2D eigenvalue weighted by atomic mass is 35.5. The number of thioether (sulfide) groups is 1. The van der Waals surface area contributed by atoms with Crippen LogP contribution in [0.5, 0.6) is 5.75 Å². The number of nitrogens with one attached hydrogen (secondary N) is 1. The number of carbonyl (C=O) groups excluding carboxylic acids is 1. The van der Waals surface area contributed by atoms with Gasteiger partial charge in [0.15, 0.2) is 0 Å². The molecule has 2 amide bonds. The minimum Gasteiger partial charge on any atom is -0.489 e. The predicted octanol–water partition coefficient (Wildman–Crippen LogP) is 8.21. The van der Waals surface area contributed by atoms with E-state index in [0.29, 0.717) is 88.0 Å². The molecule has 0 aromatic heterocycles. The van der Waals surface area contributed by atoms with Gasteiger partial charge >= 0.3 is 6.09 Å². The predicted molar refractivity (Wildman–Crippen MR) is 210 cm³/mol. The van der Waals surface area contributed by atoms with Gasteiger partial charge in [-0.05, 0) is 108 Å². The van der Waals surface area contributed by atoms with Gasteiger partial charge in [0.05, 0.1) is 0 Å². The van der Waals surface area contributed by atoms with E-state index in [1.807, 2.05) is 67.6 Å². The van der Waals surface area contributed by atoms with Gasteiger partial charge < -0.3 is 25.0 Å². The van der Waals surface area contributed by atoms with Crippen molar-refractivity contribution in [2.24, 2.45) is 5.92 Å². The van der Waals surface area contributed by atoms with E-state index in [2.05, 4.69) is 15.1 Å². The Morgan fingerprint density at radius 2 is 1.65 bits per heavy atom. The molecule has 0 unspecified atom stereocenters. The Hall–Kier alpha value is -4.16. The molecular formula is C42H47ClF2N4O4S. The quantitative estimate of drug-likeness (QED) is 0.125. The fourth-order valence-electron chi connectivity index (χ4n) is 7.41. The largest absolute Gasteiger partial charge is 0.489 e. The Bertz CT molecular complexity index is 1890. The first kappa shape index (κ1) is 39.5. The molecule has 0 aliphatic carbocycles. The minimum absolute atomic E-state index is 0.126. The highest BCUT2D eigenvalue weighted by Crippen LogP contribution is 2.32. The van der Waals surface area contributed by atoms with Crippen LogP contribution in [-0.2, 0) is 24.4 Å². The van der Waals surface area contributed by atoms with E-state index < -0.39 is 12.1 Å². The topological polar surface area (TPSA) is 85.3 Å². The van der Waals surface area contributed by atoms with Crippen molar-refractivity contribution < 1.29 is 28.2 Å². The zero-order valence-electron chi connectivity index (χ0n) is 30.5. The standard InChI is InChI=1S/C42H47ClF2N4O4S/c1-2-54-39-26-35(44)10-8-32(39)27-48-18-20-49(21-19-48)41(50)40(46-42(51)52)30-12-15-47(16-13-30)17-14-31-22-34(43)9-11-38(31)33-23-36(45)25-37(24-33)53-28-29-6-4-3-5-7-29/h3-11,22-26,30,40,46H,2,12-21,27-28H2,1H3,(H,51,52)/t40-/m1/s1. The smallest absolute Gasteiger partial charge is 0.405 e. The van der Waals surface area contributed by atoms with Crippen LogP contribution in [0.2, 0.25) is 5.02 Å². The number of carboxylic acid groups (broad SMARTS) is 1. The molecular weight excluding hydrogens is 730 g/mol. The number of benzene rings is 4. The van der Waals surface area contributed by atoms with Gasteiger partial charge in [0.25, 0.3) is 0 Å². The Labute approximate surface area is 325 Å². The summed E-state index contributed by atoms with van der Waals surface area (Å²) < 4.78 is 34.6. The molecule has 54 heavy (non-hydrogen) atoms.